The lowest BCUT2D eigenvalue weighted by molar-refractivity contribution is 0.0394. The Morgan fingerprint density at radius 2 is 1.82 bits per heavy atom. The highest BCUT2D eigenvalue weighted by Crippen LogP contribution is 2.06. The highest BCUT2D eigenvalue weighted by Gasteiger charge is 2.09. The molecule has 1 aromatic carbocycles. The molecular formula is C21H29FN4O2. The number of nitrogens with zero attached hydrogens (tertiary/aromatic N) is 2. The number of nitrogens with one attached hydrogen (secondary N) is 2. The van der Waals surface area contributed by atoms with Crippen molar-refractivity contribution in [1.82, 2.24) is 15.5 Å². The first-order chi connectivity index (χ1) is 13.8. The van der Waals surface area contributed by atoms with Gasteiger partial charge in [0, 0.05) is 39.1 Å². The van der Waals surface area contributed by atoms with Crippen LogP contribution < -0.4 is 10.6 Å². The number of morpholine rings is 1. The van der Waals surface area contributed by atoms with Gasteiger partial charge in [-0.25, -0.2) is 4.39 Å². The van der Waals surface area contributed by atoms with Crippen molar-refractivity contribution in [3.63, 3.8) is 0 Å². The number of guanidine groups is 1. The molecule has 2 heterocycles. The van der Waals surface area contributed by atoms with Gasteiger partial charge in [-0.1, -0.05) is 18.2 Å². The molecule has 2 aromatic rings. The summed E-state index contributed by atoms with van der Waals surface area (Å²) in [5, 5.41) is 6.65. The molecule has 1 aliphatic heterocycles. The van der Waals surface area contributed by atoms with Crippen LogP contribution in [0.2, 0.25) is 0 Å². The van der Waals surface area contributed by atoms with E-state index in [0.717, 1.165) is 57.5 Å². The molecule has 0 aliphatic carbocycles. The molecule has 0 bridgehead atoms. The van der Waals surface area contributed by atoms with Gasteiger partial charge >= 0.3 is 0 Å². The van der Waals surface area contributed by atoms with Gasteiger partial charge in [0.1, 0.15) is 11.6 Å². The average Bonchev–Trinajstić information content (AvgIpc) is 3.23. The SMILES string of the molecule is Fc1ccccc1CCNC(=NCCN1CCOCC1)NCCc1ccco1. The van der Waals surface area contributed by atoms with E-state index in [1.165, 1.54) is 6.07 Å². The van der Waals surface area contributed by atoms with Crippen LogP contribution in [-0.2, 0) is 17.6 Å². The maximum Gasteiger partial charge on any atom is 0.191 e. The Balaban J connectivity index is 1.47. The summed E-state index contributed by atoms with van der Waals surface area (Å²) in [7, 11) is 0. The van der Waals surface area contributed by atoms with E-state index in [2.05, 4.69) is 20.5 Å². The number of ether oxygens (including phenoxy) is 1. The number of aliphatic imine (C=N–C) groups is 1. The maximum atomic E-state index is 13.8. The van der Waals surface area contributed by atoms with Crippen molar-refractivity contribution in [2.75, 3.05) is 52.5 Å². The highest BCUT2D eigenvalue weighted by atomic mass is 19.1. The van der Waals surface area contributed by atoms with E-state index >= 15 is 0 Å². The summed E-state index contributed by atoms with van der Waals surface area (Å²) in [5.74, 6) is 1.52. The summed E-state index contributed by atoms with van der Waals surface area (Å²) in [6.45, 7) is 6.44. The molecule has 1 fully saturated rings. The first-order valence-corrected chi connectivity index (χ1v) is 9.89. The molecule has 0 saturated carbocycles. The zero-order chi connectivity index (χ0) is 19.4. The van der Waals surface area contributed by atoms with Crippen LogP contribution in [0.1, 0.15) is 11.3 Å². The van der Waals surface area contributed by atoms with Gasteiger partial charge in [-0.3, -0.25) is 9.89 Å². The summed E-state index contributed by atoms with van der Waals surface area (Å²) in [5.41, 5.74) is 0.707. The van der Waals surface area contributed by atoms with Gasteiger partial charge in [-0.15, -0.1) is 0 Å². The highest BCUT2D eigenvalue weighted by molar-refractivity contribution is 5.79. The van der Waals surface area contributed by atoms with Crippen molar-refractivity contribution in [3.05, 3.63) is 59.8 Å². The Bertz CT molecular complexity index is 715. The molecule has 2 N–H and O–H groups in total. The number of rotatable bonds is 9. The number of hydrogen-bond donors (Lipinski definition) is 2. The molecule has 3 rings (SSSR count). The summed E-state index contributed by atoms with van der Waals surface area (Å²) in [6, 6.07) is 10.7. The van der Waals surface area contributed by atoms with Crippen molar-refractivity contribution >= 4 is 5.96 Å². The first kappa shape index (κ1) is 20.4. The van der Waals surface area contributed by atoms with Crippen LogP contribution in [0.5, 0.6) is 0 Å². The molecule has 0 radical (unpaired) electrons. The van der Waals surface area contributed by atoms with E-state index in [-0.39, 0.29) is 5.82 Å². The molecule has 6 nitrogen and oxygen atoms in total. The van der Waals surface area contributed by atoms with Crippen LogP contribution in [-0.4, -0.2) is 63.3 Å². The van der Waals surface area contributed by atoms with Crippen LogP contribution in [0.3, 0.4) is 0 Å². The monoisotopic (exact) mass is 388 g/mol. The summed E-state index contributed by atoms with van der Waals surface area (Å²) < 4.78 is 24.5. The van der Waals surface area contributed by atoms with Crippen molar-refractivity contribution in [2.24, 2.45) is 4.99 Å². The molecule has 7 heteroatoms. The predicted octanol–water partition coefficient (Wildman–Crippen LogP) is 2.07. The molecule has 1 aromatic heterocycles. The van der Waals surface area contributed by atoms with Gasteiger partial charge in [0.15, 0.2) is 5.96 Å². The Morgan fingerprint density at radius 3 is 2.57 bits per heavy atom. The van der Waals surface area contributed by atoms with E-state index in [1.807, 2.05) is 24.3 Å². The molecule has 1 aliphatic rings. The lowest BCUT2D eigenvalue weighted by Gasteiger charge is -2.25. The quantitative estimate of drug-likeness (QED) is 0.509. The van der Waals surface area contributed by atoms with Crippen molar-refractivity contribution in [1.29, 1.82) is 0 Å². The fourth-order valence-corrected chi connectivity index (χ4v) is 3.08. The van der Waals surface area contributed by atoms with Gasteiger partial charge in [-0.05, 0) is 30.2 Å². The fourth-order valence-electron chi connectivity index (χ4n) is 3.08. The second-order valence-electron chi connectivity index (χ2n) is 6.71. The topological polar surface area (TPSA) is 62.0 Å². The van der Waals surface area contributed by atoms with Gasteiger partial charge < -0.3 is 19.8 Å². The third kappa shape index (κ3) is 6.98. The minimum atomic E-state index is -0.166. The second-order valence-corrected chi connectivity index (χ2v) is 6.71. The number of benzene rings is 1. The van der Waals surface area contributed by atoms with Crippen LogP contribution in [0, 0.1) is 5.82 Å². The third-order valence-electron chi connectivity index (χ3n) is 4.68. The third-order valence-corrected chi connectivity index (χ3v) is 4.68. The molecule has 0 spiro atoms. The zero-order valence-corrected chi connectivity index (χ0v) is 16.2. The molecule has 1 saturated heterocycles. The van der Waals surface area contributed by atoms with E-state index < -0.39 is 0 Å². The Kier molecular flexibility index (Phi) is 8.33. The van der Waals surface area contributed by atoms with Crippen LogP contribution in [0.25, 0.3) is 0 Å². The van der Waals surface area contributed by atoms with E-state index in [4.69, 9.17) is 9.15 Å². The fraction of sp³-hybridized carbons (Fsp3) is 0.476. The van der Waals surface area contributed by atoms with Gasteiger partial charge in [0.2, 0.25) is 0 Å². The molecule has 152 valence electrons. The minimum absolute atomic E-state index is 0.166. The van der Waals surface area contributed by atoms with Crippen LogP contribution >= 0.6 is 0 Å². The van der Waals surface area contributed by atoms with Crippen LogP contribution in [0.4, 0.5) is 4.39 Å². The average molecular weight is 388 g/mol. The van der Waals surface area contributed by atoms with Crippen molar-refractivity contribution < 1.29 is 13.5 Å². The second kappa shape index (κ2) is 11.5. The molecule has 0 atom stereocenters. The molecular weight excluding hydrogens is 359 g/mol. The molecule has 0 unspecified atom stereocenters. The number of halogens is 1. The van der Waals surface area contributed by atoms with Gasteiger partial charge in [0.05, 0.1) is 26.0 Å². The molecule has 28 heavy (non-hydrogen) atoms. The number of hydrogen-bond acceptors (Lipinski definition) is 4. The molecule has 0 amide bonds. The zero-order valence-electron chi connectivity index (χ0n) is 16.2. The first-order valence-electron chi connectivity index (χ1n) is 9.89. The van der Waals surface area contributed by atoms with Crippen molar-refractivity contribution in [2.45, 2.75) is 12.8 Å². The Hall–Kier alpha value is -2.38. The smallest absolute Gasteiger partial charge is 0.191 e. The Morgan fingerprint density at radius 1 is 1.04 bits per heavy atom. The normalized spacial score (nSPS) is 15.5. The van der Waals surface area contributed by atoms with E-state index in [9.17, 15) is 4.39 Å². The summed E-state index contributed by atoms with van der Waals surface area (Å²) >= 11 is 0. The van der Waals surface area contributed by atoms with E-state index in [1.54, 1.807) is 12.3 Å². The standard InChI is InChI=1S/C21H29FN4O2/c22-20-6-2-1-4-18(20)7-9-23-21(24-10-8-19-5-3-15-28-19)25-11-12-26-13-16-27-17-14-26/h1-6,15H,7-14,16-17H2,(H2,23,24,25). The largest absolute Gasteiger partial charge is 0.469 e. The van der Waals surface area contributed by atoms with Crippen LogP contribution in [0.15, 0.2) is 52.1 Å². The predicted molar refractivity (Wildman–Crippen MR) is 108 cm³/mol. The number of furan rings is 1. The minimum Gasteiger partial charge on any atom is -0.469 e. The van der Waals surface area contributed by atoms with Gasteiger partial charge in [0.25, 0.3) is 0 Å². The van der Waals surface area contributed by atoms with E-state index in [0.29, 0.717) is 25.1 Å². The summed E-state index contributed by atoms with van der Waals surface area (Å²) in [4.78, 5) is 7.03. The van der Waals surface area contributed by atoms with Gasteiger partial charge in [-0.2, -0.15) is 0 Å². The maximum absolute atomic E-state index is 13.8. The summed E-state index contributed by atoms with van der Waals surface area (Å²) in [6.07, 6.45) is 3.07. The lowest BCUT2D eigenvalue weighted by Crippen LogP contribution is -2.41. The lowest BCUT2D eigenvalue weighted by atomic mass is 10.1. The Labute approximate surface area is 165 Å². The van der Waals surface area contributed by atoms with Crippen molar-refractivity contribution in [3.8, 4) is 0 Å².